The zero-order valence-electron chi connectivity index (χ0n) is 12.4. The van der Waals surface area contributed by atoms with Crippen molar-refractivity contribution >= 4 is 10.0 Å². The summed E-state index contributed by atoms with van der Waals surface area (Å²) in [6, 6.07) is 6.63. The summed E-state index contributed by atoms with van der Waals surface area (Å²) in [6.07, 6.45) is 1.92. The van der Waals surface area contributed by atoms with E-state index >= 15 is 0 Å². The lowest BCUT2D eigenvalue weighted by Crippen LogP contribution is -2.42. The van der Waals surface area contributed by atoms with Crippen molar-refractivity contribution in [1.82, 2.24) is 10.0 Å². The molecular formula is C15H21N3O2S. The Morgan fingerprint density at radius 3 is 2.62 bits per heavy atom. The van der Waals surface area contributed by atoms with Gasteiger partial charge < -0.3 is 5.32 Å². The van der Waals surface area contributed by atoms with Crippen molar-refractivity contribution < 1.29 is 8.42 Å². The van der Waals surface area contributed by atoms with Crippen LogP contribution in [0.3, 0.4) is 0 Å². The van der Waals surface area contributed by atoms with Gasteiger partial charge in [0.25, 0.3) is 0 Å². The Kier molecular flexibility index (Phi) is 4.67. The van der Waals surface area contributed by atoms with Crippen molar-refractivity contribution in [2.45, 2.75) is 31.6 Å². The van der Waals surface area contributed by atoms with E-state index in [1.54, 1.807) is 19.1 Å². The summed E-state index contributed by atoms with van der Waals surface area (Å²) < 4.78 is 27.4. The molecule has 21 heavy (non-hydrogen) atoms. The number of hydrogen-bond acceptors (Lipinski definition) is 4. The minimum Gasteiger partial charge on any atom is -0.317 e. The van der Waals surface area contributed by atoms with Crippen molar-refractivity contribution in [2.24, 2.45) is 5.41 Å². The molecule has 1 aromatic rings. The lowest BCUT2D eigenvalue weighted by Gasteiger charge is -2.34. The SMILES string of the molecule is Cc1cc(S(=O)(=O)NCC2(C)CCNCC2)ccc1C#N. The highest BCUT2D eigenvalue weighted by molar-refractivity contribution is 7.89. The summed E-state index contributed by atoms with van der Waals surface area (Å²) in [5.74, 6) is 0. The maximum absolute atomic E-state index is 12.4. The van der Waals surface area contributed by atoms with E-state index in [2.05, 4.69) is 17.0 Å². The lowest BCUT2D eigenvalue weighted by molar-refractivity contribution is 0.232. The molecule has 114 valence electrons. The number of rotatable bonds is 4. The molecule has 0 saturated carbocycles. The third-order valence-electron chi connectivity index (χ3n) is 4.13. The van der Waals surface area contributed by atoms with Gasteiger partial charge in [0.2, 0.25) is 10.0 Å². The first-order valence-corrected chi connectivity index (χ1v) is 8.56. The fraction of sp³-hybridized carbons (Fsp3) is 0.533. The van der Waals surface area contributed by atoms with Crippen LogP contribution in [0, 0.1) is 23.7 Å². The number of piperidine rings is 1. The van der Waals surface area contributed by atoms with Crippen LogP contribution in [0.4, 0.5) is 0 Å². The van der Waals surface area contributed by atoms with Gasteiger partial charge in [-0.2, -0.15) is 5.26 Å². The number of aryl methyl sites for hydroxylation is 1. The molecule has 6 heteroatoms. The van der Waals surface area contributed by atoms with Gasteiger partial charge in [-0.25, -0.2) is 13.1 Å². The van der Waals surface area contributed by atoms with Crippen LogP contribution in [0.1, 0.15) is 30.9 Å². The highest BCUT2D eigenvalue weighted by atomic mass is 32.2. The number of hydrogen-bond donors (Lipinski definition) is 2. The number of benzene rings is 1. The average molecular weight is 307 g/mol. The Balaban J connectivity index is 2.11. The van der Waals surface area contributed by atoms with E-state index in [4.69, 9.17) is 5.26 Å². The number of nitriles is 1. The molecule has 0 amide bonds. The van der Waals surface area contributed by atoms with Crippen LogP contribution < -0.4 is 10.0 Å². The molecule has 1 aliphatic rings. The molecule has 5 nitrogen and oxygen atoms in total. The third kappa shape index (κ3) is 3.82. The van der Waals surface area contributed by atoms with E-state index < -0.39 is 10.0 Å². The Hall–Kier alpha value is -1.42. The van der Waals surface area contributed by atoms with Gasteiger partial charge in [0.15, 0.2) is 0 Å². The van der Waals surface area contributed by atoms with E-state index in [-0.39, 0.29) is 10.3 Å². The molecule has 0 aliphatic carbocycles. The zero-order valence-corrected chi connectivity index (χ0v) is 13.3. The second-order valence-electron chi connectivity index (χ2n) is 5.97. The van der Waals surface area contributed by atoms with E-state index in [0.29, 0.717) is 17.7 Å². The molecule has 2 rings (SSSR count). The molecule has 0 spiro atoms. The molecule has 0 aromatic heterocycles. The van der Waals surface area contributed by atoms with Gasteiger partial charge in [-0.05, 0) is 62.0 Å². The lowest BCUT2D eigenvalue weighted by atomic mass is 9.81. The van der Waals surface area contributed by atoms with Crippen molar-refractivity contribution in [3.63, 3.8) is 0 Å². The predicted molar refractivity (Wildman–Crippen MR) is 81.3 cm³/mol. The molecule has 0 radical (unpaired) electrons. The Morgan fingerprint density at radius 2 is 2.05 bits per heavy atom. The zero-order chi connectivity index (χ0) is 15.5. The maximum Gasteiger partial charge on any atom is 0.240 e. The minimum atomic E-state index is -3.53. The van der Waals surface area contributed by atoms with Gasteiger partial charge >= 0.3 is 0 Å². The highest BCUT2D eigenvalue weighted by Gasteiger charge is 2.28. The van der Waals surface area contributed by atoms with Crippen LogP contribution in [0.25, 0.3) is 0 Å². The topological polar surface area (TPSA) is 82.0 Å². The Labute approximate surface area is 126 Å². The molecule has 2 N–H and O–H groups in total. The molecule has 1 fully saturated rings. The fourth-order valence-corrected chi connectivity index (χ4v) is 3.77. The first-order chi connectivity index (χ1) is 9.86. The summed E-state index contributed by atoms with van der Waals surface area (Å²) in [6.45, 7) is 6.14. The maximum atomic E-state index is 12.4. The summed E-state index contributed by atoms with van der Waals surface area (Å²) in [5.41, 5.74) is 1.17. The second kappa shape index (κ2) is 6.14. The standard InChI is InChI=1S/C15H21N3O2S/c1-12-9-14(4-3-13(12)10-16)21(19,20)18-11-15(2)5-7-17-8-6-15/h3-4,9,17-18H,5-8,11H2,1-2H3. The normalized spacial score (nSPS) is 18.1. The second-order valence-corrected chi connectivity index (χ2v) is 7.74. The first-order valence-electron chi connectivity index (χ1n) is 7.07. The molecule has 0 atom stereocenters. The van der Waals surface area contributed by atoms with Crippen molar-refractivity contribution in [1.29, 1.82) is 5.26 Å². The van der Waals surface area contributed by atoms with Gasteiger partial charge in [-0.3, -0.25) is 0 Å². The van der Waals surface area contributed by atoms with Crippen LogP contribution >= 0.6 is 0 Å². The summed E-state index contributed by atoms with van der Waals surface area (Å²) >= 11 is 0. The Morgan fingerprint density at radius 1 is 1.38 bits per heavy atom. The van der Waals surface area contributed by atoms with E-state index in [9.17, 15) is 8.42 Å². The summed E-state index contributed by atoms with van der Waals surface area (Å²) in [5, 5.41) is 12.2. The smallest absolute Gasteiger partial charge is 0.240 e. The van der Waals surface area contributed by atoms with Gasteiger partial charge in [-0.1, -0.05) is 6.92 Å². The first kappa shape index (κ1) is 16.0. The van der Waals surface area contributed by atoms with Crippen LogP contribution in [0.2, 0.25) is 0 Å². The van der Waals surface area contributed by atoms with Crippen molar-refractivity contribution in [2.75, 3.05) is 19.6 Å². The third-order valence-corrected chi connectivity index (χ3v) is 5.53. The van der Waals surface area contributed by atoms with Crippen LogP contribution in [-0.4, -0.2) is 28.1 Å². The largest absolute Gasteiger partial charge is 0.317 e. The average Bonchev–Trinajstić information content (AvgIpc) is 2.46. The highest BCUT2D eigenvalue weighted by Crippen LogP contribution is 2.27. The number of sulfonamides is 1. The van der Waals surface area contributed by atoms with E-state index in [0.717, 1.165) is 25.9 Å². The van der Waals surface area contributed by atoms with Gasteiger partial charge in [0.05, 0.1) is 16.5 Å². The molecule has 1 aliphatic heterocycles. The van der Waals surface area contributed by atoms with Gasteiger partial charge in [-0.15, -0.1) is 0 Å². The monoisotopic (exact) mass is 307 g/mol. The van der Waals surface area contributed by atoms with Crippen LogP contribution in [-0.2, 0) is 10.0 Å². The molecule has 0 unspecified atom stereocenters. The van der Waals surface area contributed by atoms with Crippen molar-refractivity contribution in [3.8, 4) is 6.07 Å². The van der Waals surface area contributed by atoms with Gasteiger partial charge in [0.1, 0.15) is 0 Å². The van der Waals surface area contributed by atoms with Crippen LogP contribution in [0.5, 0.6) is 0 Å². The van der Waals surface area contributed by atoms with Gasteiger partial charge in [0, 0.05) is 6.54 Å². The number of nitrogens with zero attached hydrogens (tertiary/aromatic N) is 1. The molecule has 1 saturated heterocycles. The summed E-state index contributed by atoms with van der Waals surface area (Å²) in [4.78, 5) is 0.219. The summed E-state index contributed by atoms with van der Waals surface area (Å²) in [7, 11) is -3.53. The molecule has 0 bridgehead atoms. The quantitative estimate of drug-likeness (QED) is 0.884. The van der Waals surface area contributed by atoms with E-state index in [1.165, 1.54) is 6.07 Å². The predicted octanol–water partition coefficient (Wildman–Crippen LogP) is 1.53. The molecular weight excluding hydrogens is 286 g/mol. The molecule has 1 heterocycles. The van der Waals surface area contributed by atoms with E-state index in [1.807, 2.05) is 6.07 Å². The minimum absolute atomic E-state index is 0.0000402. The number of nitrogens with one attached hydrogen (secondary N) is 2. The Bertz CT molecular complexity index is 656. The molecule has 1 aromatic carbocycles. The van der Waals surface area contributed by atoms with Crippen molar-refractivity contribution in [3.05, 3.63) is 29.3 Å². The fourth-order valence-electron chi connectivity index (χ4n) is 2.49. The van der Waals surface area contributed by atoms with Crippen LogP contribution in [0.15, 0.2) is 23.1 Å².